The second-order valence-corrected chi connectivity index (χ2v) is 14.3. The molecule has 0 saturated carbocycles. The van der Waals surface area contributed by atoms with Gasteiger partial charge in [-0.05, 0) is 101 Å². The highest BCUT2D eigenvalue weighted by Crippen LogP contribution is 2.50. The lowest BCUT2D eigenvalue weighted by Gasteiger charge is -2.22. The summed E-state index contributed by atoms with van der Waals surface area (Å²) in [4.78, 5) is 5.15. The van der Waals surface area contributed by atoms with Gasteiger partial charge in [0.1, 0.15) is 0 Å². The topological polar surface area (TPSA) is 12.9 Å². The number of nitrogens with zero attached hydrogens (tertiary/aromatic N) is 1. The van der Waals surface area contributed by atoms with Crippen molar-refractivity contribution in [3.05, 3.63) is 187 Å². The van der Waals surface area contributed by atoms with E-state index in [-0.39, 0.29) is 5.41 Å². The van der Waals surface area contributed by atoms with Crippen molar-refractivity contribution in [1.82, 2.24) is 4.98 Å². The van der Waals surface area contributed by atoms with Crippen LogP contribution in [0.1, 0.15) is 25.0 Å². The zero-order valence-corrected chi connectivity index (χ0v) is 28.7. The largest absolute Gasteiger partial charge is 0.248 e. The number of pyridine rings is 1. The highest BCUT2D eigenvalue weighted by molar-refractivity contribution is 6.28. The maximum atomic E-state index is 5.15. The van der Waals surface area contributed by atoms with E-state index in [2.05, 4.69) is 190 Å². The minimum absolute atomic E-state index is 0.0576. The Morgan fingerprint density at radius 2 is 0.882 bits per heavy atom. The fraction of sp³-hybridized carbons (Fsp3) is 0.0600. The van der Waals surface area contributed by atoms with Gasteiger partial charge in [0.15, 0.2) is 0 Å². The Labute approximate surface area is 298 Å². The predicted molar refractivity (Wildman–Crippen MR) is 216 cm³/mol. The van der Waals surface area contributed by atoms with Crippen molar-refractivity contribution >= 4 is 32.3 Å². The number of benzene rings is 8. The molecular formula is C50H35N. The molecule has 10 rings (SSSR count). The van der Waals surface area contributed by atoms with Gasteiger partial charge in [0.25, 0.3) is 0 Å². The van der Waals surface area contributed by atoms with E-state index in [1.807, 2.05) is 0 Å². The quantitative estimate of drug-likeness (QED) is 0.173. The molecule has 1 heterocycles. The standard InChI is InChI=1S/C50H35N/c1-50(2)45-23-12-11-20-40(45)41-26-25-35(29-46(41)50)37-21-13-22-42-38-18-9-10-19-39(38)44-28-34(24-27-43(44)49(37)42)36-30-47(32-14-5-3-6-15-32)51-48(31-36)33-16-7-4-8-17-33/h3-31H,1-2H3. The summed E-state index contributed by atoms with van der Waals surface area (Å²) in [5, 5.41) is 7.66. The number of fused-ring (bicyclic) bond motifs is 9. The lowest BCUT2D eigenvalue weighted by Crippen LogP contribution is -2.14. The SMILES string of the molecule is CC1(C)c2ccccc2-c2ccc(-c3cccc4c5ccccc5c5cc(-c6cc(-c7ccccc7)nc(-c7ccccc7)c6)ccc5c34)cc21. The molecule has 0 saturated heterocycles. The van der Waals surface area contributed by atoms with Gasteiger partial charge in [0.2, 0.25) is 0 Å². The van der Waals surface area contributed by atoms with E-state index in [1.165, 1.54) is 71.3 Å². The van der Waals surface area contributed by atoms with Gasteiger partial charge in [-0.25, -0.2) is 4.98 Å². The van der Waals surface area contributed by atoms with Crippen molar-refractivity contribution < 1.29 is 0 Å². The summed E-state index contributed by atoms with van der Waals surface area (Å²) in [6.45, 7) is 4.72. The zero-order valence-electron chi connectivity index (χ0n) is 28.7. The lowest BCUT2D eigenvalue weighted by atomic mass is 9.81. The molecule has 0 radical (unpaired) electrons. The van der Waals surface area contributed by atoms with Crippen molar-refractivity contribution in [3.8, 4) is 55.9 Å². The van der Waals surface area contributed by atoms with E-state index < -0.39 is 0 Å². The third kappa shape index (κ3) is 4.66. The first-order chi connectivity index (χ1) is 25.0. The minimum Gasteiger partial charge on any atom is -0.248 e. The maximum Gasteiger partial charge on any atom is 0.0715 e. The molecule has 0 aliphatic heterocycles. The Kier molecular flexibility index (Phi) is 6.60. The van der Waals surface area contributed by atoms with Crippen LogP contribution in [0, 0.1) is 0 Å². The number of aromatic nitrogens is 1. The van der Waals surface area contributed by atoms with Gasteiger partial charge in [-0.15, -0.1) is 0 Å². The van der Waals surface area contributed by atoms with Crippen molar-refractivity contribution in [3.63, 3.8) is 0 Å². The Morgan fingerprint density at radius 1 is 0.333 bits per heavy atom. The van der Waals surface area contributed by atoms with Crippen LogP contribution < -0.4 is 0 Å². The van der Waals surface area contributed by atoms with Gasteiger partial charge >= 0.3 is 0 Å². The number of rotatable bonds is 4. The van der Waals surface area contributed by atoms with Gasteiger partial charge in [-0.3, -0.25) is 0 Å². The lowest BCUT2D eigenvalue weighted by molar-refractivity contribution is 0.660. The summed E-state index contributed by atoms with van der Waals surface area (Å²) in [6.07, 6.45) is 0. The Morgan fingerprint density at radius 3 is 1.61 bits per heavy atom. The summed E-state index contributed by atoms with van der Waals surface area (Å²) >= 11 is 0. The zero-order chi connectivity index (χ0) is 34.1. The Balaban J connectivity index is 1.21. The Hall–Kier alpha value is -6.31. The number of hydrogen-bond donors (Lipinski definition) is 0. The van der Waals surface area contributed by atoms with E-state index in [0.717, 1.165) is 28.1 Å². The summed E-state index contributed by atoms with van der Waals surface area (Å²) < 4.78 is 0. The average molecular weight is 650 g/mol. The molecular weight excluding hydrogens is 615 g/mol. The van der Waals surface area contributed by atoms with Crippen LogP contribution in [-0.4, -0.2) is 4.98 Å². The summed E-state index contributed by atoms with van der Waals surface area (Å²) in [5.74, 6) is 0. The van der Waals surface area contributed by atoms with Crippen molar-refractivity contribution in [2.24, 2.45) is 0 Å². The van der Waals surface area contributed by atoms with Crippen LogP contribution >= 0.6 is 0 Å². The first kappa shape index (κ1) is 29.6. The van der Waals surface area contributed by atoms with Crippen LogP contribution in [0.25, 0.3) is 88.2 Å². The minimum atomic E-state index is -0.0576. The third-order valence-corrected chi connectivity index (χ3v) is 11.1. The normalized spacial score (nSPS) is 13.1. The molecule has 240 valence electrons. The molecule has 1 aromatic heterocycles. The molecule has 0 N–H and O–H groups in total. The average Bonchev–Trinajstić information content (AvgIpc) is 3.43. The molecule has 0 amide bonds. The van der Waals surface area contributed by atoms with Crippen LogP contribution in [0.5, 0.6) is 0 Å². The monoisotopic (exact) mass is 649 g/mol. The van der Waals surface area contributed by atoms with E-state index in [4.69, 9.17) is 4.98 Å². The van der Waals surface area contributed by atoms with Gasteiger partial charge < -0.3 is 0 Å². The second kappa shape index (κ2) is 11.4. The van der Waals surface area contributed by atoms with E-state index in [0.29, 0.717) is 0 Å². The van der Waals surface area contributed by atoms with Crippen LogP contribution in [-0.2, 0) is 5.41 Å². The number of hydrogen-bond acceptors (Lipinski definition) is 1. The van der Waals surface area contributed by atoms with E-state index in [9.17, 15) is 0 Å². The fourth-order valence-corrected chi connectivity index (χ4v) is 8.51. The van der Waals surface area contributed by atoms with Gasteiger partial charge in [-0.1, -0.05) is 166 Å². The molecule has 1 heteroatoms. The molecule has 0 fully saturated rings. The van der Waals surface area contributed by atoms with Gasteiger partial charge in [0, 0.05) is 16.5 Å². The summed E-state index contributed by atoms with van der Waals surface area (Å²) in [5.41, 5.74) is 14.5. The molecule has 0 bridgehead atoms. The molecule has 1 nitrogen and oxygen atoms in total. The van der Waals surface area contributed by atoms with E-state index in [1.54, 1.807) is 0 Å². The third-order valence-electron chi connectivity index (χ3n) is 11.1. The Bertz CT molecular complexity index is 2750. The van der Waals surface area contributed by atoms with Crippen LogP contribution in [0.2, 0.25) is 0 Å². The molecule has 1 aliphatic carbocycles. The molecule has 0 atom stereocenters. The molecule has 0 unspecified atom stereocenters. The summed E-state index contributed by atoms with van der Waals surface area (Å²) in [6, 6.07) is 64.2. The fourth-order valence-electron chi connectivity index (χ4n) is 8.51. The van der Waals surface area contributed by atoms with Crippen LogP contribution in [0.15, 0.2) is 176 Å². The highest BCUT2D eigenvalue weighted by Gasteiger charge is 2.35. The van der Waals surface area contributed by atoms with Crippen molar-refractivity contribution in [2.45, 2.75) is 19.3 Å². The molecule has 8 aromatic carbocycles. The molecule has 51 heavy (non-hydrogen) atoms. The molecule has 9 aromatic rings. The second-order valence-electron chi connectivity index (χ2n) is 14.3. The smallest absolute Gasteiger partial charge is 0.0715 e. The van der Waals surface area contributed by atoms with Crippen LogP contribution in [0.4, 0.5) is 0 Å². The van der Waals surface area contributed by atoms with Crippen molar-refractivity contribution in [2.75, 3.05) is 0 Å². The van der Waals surface area contributed by atoms with Crippen molar-refractivity contribution in [1.29, 1.82) is 0 Å². The van der Waals surface area contributed by atoms with Gasteiger partial charge in [0.05, 0.1) is 11.4 Å². The maximum absolute atomic E-state index is 5.15. The van der Waals surface area contributed by atoms with Gasteiger partial charge in [-0.2, -0.15) is 0 Å². The predicted octanol–water partition coefficient (Wildman–Crippen LogP) is 13.5. The van der Waals surface area contributed by atoms with E-state index >= 15 is 0 Å². The first-order valence-corrected chi connectivity index (χ1v) is 17.8. The summed E-state index contributed by atoms with van der Waals surface area (Å²) in [7, 11) is 0. The van der Waals surface area contributed by atoms with Crippen LogP contribution in [0.3, 0.4) is 0 Å². The molecule has 1 aliphatic rings. The molecule has 0 spiro atoms. The highest BCUT2D eigenvalue weighted by atomic mass is 14.7. The first-order valence-electron chi connectivity index (χ1n) is 17.8.